The number of carbonyl (C=O) groups excluding carboxylic acids is 1. The van der Waals surface area contributed by atoms with Gasteiger partial charge in [-0.05, 0) is 32.1 Å². The van der Waals surface area contributed by atoms with Gasteiger partial charge < -0.3 is 10.0 Å². The average Bonchev–Trinajstić information content (AvgIpc) is 2.26. The van der Waals surface area contributed by atoms with Crippen molar-refractivity contribution in [2.45, 2.75) is 40.5 Å². The fraction of sp³-hybridized carbons (Fsp3) is 0.692. The van der Waals surface area contributed by atoms with Crippen LogP contribution in [0.5, 0.6) is 0 Å². The Morgan fingerprint density at radius 3 is 1.94 bits per heavy atom. The fourth-order valence-corrected chi connectivity index (χ4v) is 1.87. The van der Waals surface area contributed by atoms with Gasteiger partial charge in [-0.2, -0.15) is 0 Å². The molecule has 0 aromatic heterocycles. The van der Waals surface area contributed by atoms with Gasteiger partial charge >= 0.3 is 5.97 Å². The molecular formula is C13H21NO3. The van der Waals surface area contributed by atoms with Gasteiger partial charge in [0.25, 0.3) is 0 Å². The molecule has 0 spiro atoms. The van der Waals surface area contributed by atoms with E-state index in [2.05, 4.69) is 13.8 Å². The summed E-state index contributed by atoms with van der Waals surface area (Å²) in [5, 5.41) is 8.85. The number of hydrogen-bond donors (Lipinski definition) is 1. The van der Waals surface area contributed by atoms with Crippen LogP contribution < -0.4 is 0 Å². The fourth-order valence-electron chi connectivity index (χ4n) is 1.87. The van der Waals surface area contributed by atoms with Gasteiger partial charge in [-0.3, -0.25) is 4.79 Å². The van der Waals surface area contributed by atoms with Crippen LogP contribution in [0.25, 0.3) is 0 Å². The third kappa shape index (κ3) is 3.32. The first-order valence-electron chi connectivity index (χ1n) is 5.95. The number of carboxylic acid groups (broad SMARTS) is 1. The topological polar surface area (TPSA) is 57.6 Å². The van der Waals surface area contributed by atoms with Crippen molar-refractivity contribution < 1.29 is 14.7 Å². The van der Waals surface area contributed by atoms with Crippen LogP contribution in [0.15, 0.2) is 11.1 Å². The van der Waals surface area contributed by atoms with Gasteiger partial charge in [0.1, 0.15) is 0 Å². The molecule has 0 atom stereocenters. The molecule has 96 valence electrons. The summed E-state index contributed by atoms with van der Waals surface area (Å²) in [4.78, 5) is 24.6. The molecule has 0 aliphatic carbocycles. The Bertz CT molecular complexity index is 359. The number of hydrogen-bond acceptors (Lipinski definition) is 2. The zero-order valence-electron chi connectivity index (χ0n) is 11.0. The van der Waals surface area contributed by atoms with E-state index in [1.54, 1.807) is 11.8 Å². The molecule has 1 saturated heterocycles. The Kier molecular flexibility index (Phi) is 3.96. The van der Waals surface area contributed by atoms with Crippen molar-refractivity contribution >= 4 is 11.9 Å². The second-order valence-electron chi connectivity index (χ2n) is 5.51. The first-order chi connectivity index (χ1) is 7.74. The van der Waals surface area contributed by atoms with E-state index >= 15 is 0 Å². The minimum atomic E-state index is -1.02. The predicted octanol–water partition coefficient (Wildman–Crippen LogP) is 2.06. The first kappa shape index (κ1) is 13.7. The maximum atomic E-state index is 12.1. The summed E-state index contributed by atoms with van der Waals surface area (Å²) < 4.78 is 0. The summed E-state index contributed by atoms with van der Waals surface area (Å²) in [5.41, 5.74) is 0.771. The van der Waals surface area contributed by atoms with Gasteiger partial charge in [0, 0.05) is 24.2 Å². The highest BCUT2D eigenvalue weighted by Gasteiger charge is 2.29. The molecule has 0 unspecified atom stereocenters. The number of carboxylic acids is 1. The van der Waals surface area contributed by atoms with Crippen molar-refractivity contribution in [3.63, 3.8) is 0 Å². The van der Waals surface area contributed by atoms with E-state index in [0.29, 0.717) is 5.57 Å². The van der Waals surface area contributed by atoms with E-state index in [4.69, 9.17) is 5.11 Å². The van der Waals surface area contributed by atoms with Crippen LogP contribution in [0.4, 0.5) is 0 Å². The number of carbonyl (C=O) groups is 2. The summed E-state index contributed by atoms with van der Waals surface area (Å²) in [5.74, 6) is -1.16. The molecule has 1 heterocycles. The van der Waals surface area contributed by atoms with E-state index in [1.807, 2.05) is 0 Å². The molecule has 0 saturated carbocycles. The normalized spacial score (nSPS) is 20.8. The second kappa shape index (κ2) is 4.90. The van der Waals surface area contributed by atoms with E-state index < -0.39 is 5.97 Å². The SMILES string of the molecule is CC(C(=O)O)=C(C)C(=O)N1CCC(C)(C)CC1. The Morgan fingerprint density at radius 2 is 1.53 bits per heavy atom. The molecule has 4 nitrogen and oxygen atoms in total. The standard InChI is InChI=1S/C13H21NO3/c1-9(10(2)12(16)17)11(15)14-7-5-13(3,4)6-8-14/h5-8H2,1-4H3,(H,16,17). The van der Waals surface area contributed by atoms with Crippen molar-refractivity contribution in [2.75, 3.05) is 13.1 Å². The Hall–Kier alpha value is -1.32. The number of aliphatic carboxylic acids is 1. The number of rotatable bonds is 2. The van der Waals surface area contributed by atoms with Gasteiger partial charge in [0.2, 0.25) is 5.91 Å². The highest BCUT2D eigenvalue weighted by atomic mass is 16.4. The van der Waals surface area contributed by atoms with Crippen molar-refractivity contribution in [1.29, 1.82) is 0 Å². The second-order valence-corrected chi connectivity index (χ2v) is 5.51. The molecule has 1 aliphatic heterocycles. The van der Waals surface area contributed by atoms with E-state index in [9.17, 15) is 9.59 Å². The maximum absolute atomic E-state index is 12.1. The van der Waals surface area contributed by atoms with Crippen molar-refractivity contribution in [1.82, 2.24) is 4.90 Å². The third-order valence-corrected chi connectivity index (χ3v) is 3.61. The molecule has 1 fully saturated rings. The van der Waals surface area contributed by atoms with Crippen molar-refractivity contribution in [3.05, 3.63) is 11.1 Å². The largest absolute Gasteiger partial charge is 0.478 e. The number of likely N-dealkylation sites (tertiary alicyclic amines) is 1. The highest BCUT2D eigenvalue weighted by Crippen LogP contribution is 2.30. The summed E-state index contributed by atoms with van der Waals surface area (Å²) in [6, 6.07) is 0. The molecular weight excluding hydrogens is 218 g/mol. The van der Waals surface area contributed by atoms with Crippen LogP contribution in [-0.4, -0.2) is 35.0 Å². The zero-order chi connectivity index (χ0) is 13.2. The minimum absolute atomic E-state index is 0.139. The molecule has 0 aromatic rings. The lowest BCUT2D eigenvalue weighted by Crippen LogP contribution is -2.41. The van der Waals surface area contributed by atoms with Crippen LogP contribution in [0, 0.1) is 5.41 Å². The summed E-state index contributed by atoms with van der Waals surface area (Å²) in [6.45, 7) is 8.89. The molecule has 4 heteroatoms. The van der Waals surface area contributed by atoms with Crippen LogP contribution in [0.2, 0.25) is 0 Å². The molecule has 0 bridgehead atoms. The molecule has 0 aromatic carbocycles. The van der Waals surface area contributed by atoms with Crippen LogP contribution in [0.3, 0.4) is 0 Å². The number of nitrogens with zero attached hydrogens (tertiary/aromatic N) is 1. The maximum Gasteiger partial charge on any atom is 0.331 e. The minimum Gasteiger partial charge on any atom is -0.478 e. The number of amides is 1. The predicted molar refractivity (Wildman–Crippen MR) is 65.6 cm³/mol. The molecule has 17 heavy (non-hydrogen) atoms. The van der Waals surface area contributed by atoms with Gasteiger partial charge in [0.15, 0.2) is 0 Å². The molecule has 1 amide bonds. The Labute approximate surface area is 102 Å². The Balaban J connectivity index is 2.73. The van der Waals surface area contributed by atoms with Gasteiger partial charge in [-0.25, -0.2) is 4.79 Å². The zero-order valence-corrected chi connectivity index (χ0v) is 11.0. The van der Waals surface area contributed by atoms with E-state index in [-0.39, 0.29) is 16.9 Å². The first-order valence-corrected chi connectivity index (χ1v) is 5.95. The Morgan fingerprint density at radius 1 is 1.06 bits per heavy atom. The lowest BCUT2D eigenvalue weighted by Gasteiger charge is -2.37. The van der Waals surface area contributed by atoms with Gasteiger partial charge in [-0.15, -0.1) is 0 Å². The van der Waals surface area contributed by atoms with Gasteiger partial charge in [-0.1, -0.05) is 13.8 Å². The van der Waals surface area contributed by atoms with Gasteiger partial charge in [0.05, 0.1) is 0 Å². The molecule has 1 N–H and O–H groups in total. The monoisotopic (exact) mass is 239 g/mol. The third-order valence-electron chi connectivity index (χ3n) is 3.61. The smallest absolute Gasteiger partial charge is 0.331 e. The molecule has 0 radical (unpaired) electrons. The lowest BCUT2D eigenvalue weighted by atomic mass is 9.82. The quantitative estimate of drug-likeness (QED) is 0.750. The van der Waals surface area contributed by atoms with E-state index in [1.165, 1.54) is 6.92 Å². The van der Waals surface area contributed by atoms with Crippen molar-refractivity contribution in [3.8, 4) is 0 Å². The van der Waals surface area contributed by atoms with Crippen LogP contribution in [0.1, 0.15) is 40.5 Å². The summed E-state index contributed by atoms with van der Waals surface area (Å²) in [7, 11) is 0. The summed E-state index contributed by atoms with van der Waals surface area (Å²) >= 11 is 0. The summed E-state index contributed by atoms with van der Waals surface area (Å²) in [6.07, 6.45) is 1.94. The number of piperidine rings is 1. The average molecular weight is 239 g/mol. The van der Waals surface area contributed by atoms with Crippen molar-refractivity contribution in [2.24, 2.45) is 5.41 Å². The van der Waals surface area contributed by atoms with Crippen LogP contribution in [-0.2, 0) is 9.59 Å². The lowest BCUT2D eigenvalue weighted by molar-refractivity contribution is -0.134. The molecule has 1 rings (SSSR count). The highest BCUT2D eigenvalue weighted by molar-refractivity contribution is 6.01. The van der Waals surface area contributed by atoms with Crippen LogP contribution >= 0.6 is 0 Å². The van der Waals surface area contributed by atoms with E-state index in [0.717, 1.165) is 25.9 Å². The molecule has 1 aliphatic rings.